The molecular weight excluding hydrogens is 180 g/mol. The number of carbonyl (C=O) groups is 1. The Kier molecular flexibility index (Phi) is 4.35. The summed E-state index contributed by atoms with van der Waals surface area (Å²) < 4.78 is 0. The molecule has 1 aliphatic rings. The van der Waals surface area contributed by atoms with Crippen LogP contribution in [-0.2, 0) is 4.79 Å². The number of aliphatic hydroxyl groups excluding tert-OH is 1. The highest BCUT2D eigenvalue weighted by Gasteiger charge is 2.30. The Morgan fingerprint density at radius 3 is 2.71 bits per heavy atom. The summed E-state index contributed by atoms with van der Waals surface area (Å²) in [4.78, 5) is 13.7. The van der Waals surface area contributed by atoms with Crippen molar-refractivity contribution in [3.63, 3.8) is 0 Å². The van der Waals surface area contributed by atoms with Gasteiger partial charge in [-0.25, -0.2) is 0 Å². The number of rotatable bonds is 4. The van der Waals surface area contributed by atoms with Gasteiger partial charge in [-0.1, -0.05) is 6.92 Å². The molecule has 0 aliphatic carbocycles. The standard InChI is InChI=1S/C10H20N2O2/c1-3-5-12(4-2)10(14)9-6-8(13)7-11-9/h8-9,11,13H,3-7H2,1-2H3. The first-order valence-corrected chi connectivity index (χ1v) is 5.39. The van der Waals surface area contributed by atoms with Crippen LogP contribution in [0.3, 0.4) is 0 Å². The molecule has 0 bridgehead atoms. The van der Waals surface area contributed by atoms with E-state index in [0.29, 0.717) is 13.0 Å². The molecule has 1 rings (SSSR count). The van der Waals surface area contributed by atoms with Crippen molar-refractivity contribution in [3.05, 3.63) is 0 Å². The molecule has 1 amide bonds. The largest absolute Gasteiger partial charge is 0.392 e. The summed E-state index contributed by atoms with van der Waals surface area (Å²) in [7, 11) is 0. The first-order valence-electron chi connectivity index (χ1n) is 5.39. The molecule has 1 heterocycles. The van der Waals surface area contributed by atoms with Crippen LogP contribution in [0.25, 0.3) is 0 Å². The molecule has 4 heteroatoms. The predicted molar refractivity (Wildman–Crippen MR) is 55.0 cm³/mol. The zero-order valence-corrected chi connectivity index (χ0v) is 8.99. The van der Waals surface area contributed by atoms with Crippen molar-refractivity contribution in [2.75, 3.05) is 19.6 Å². The van der Waals surface area contributed by atoms with E-state index in [2.05, 4.69) is 12.2 Å². The second kappa shape index (κ2) is 5.32. The molecule has 0 aromatic rings. The van der Waals surface area contributed by atoms with Crippen LogP contribution in [0.5, 0.6) is 0 Å². The molecule has 82 valence electrons. The third-order valence-electron chi connectivity index (χ3n) is 2.59. The highest BCUT2D eigenvalue weighted by Crippen LogP contribution is 2.09. The number of nitrogens with zero attached hydrogens (tertiary/aromatic N) is 1. The van der Waals surface area contributed by atoms with E-state index in [1.165, 1.54) is 0 Å². The lowest BCUT2D eigenvalue weighted by molar-refractivity contribution is -0.133. The van der Waals surface area contributed by atoms with Gasteiger partial charge >= 0.3 is 0 Å². The summed E-state index contributed by atoms with van der Waals surface area (Å²) >= 11 is 0. The maximum atomic E-state index is 11.9. The normalized spacial score (nSPS) is 26.5. The van der Waals surface area contributed by atoms with Gasteiger partial charge in [-0.3, -0.25) is 4.79 Å². The lowest BCUT2D eigenvalue weighted by Gasteiger charge is -2.23. The molecule has 1 fully saturated rings. The van der Waals surface area contributed by atoms with Crippen molar-refractivity contribution < 1.29 is 9.90 Å². The number of amides is 1. The van der Waals surface area contributed by atoms with Crippen LogP contribution in [0.1, 0.15) is 26.7 Å². The van der Waals surface area contributed by atoms with Crippen LogP contribution in [0, 0.1) is 0 Å². The number of hydrogen-bond donors (Lipinski definition) is 2. The van der Waals surface area contributed by atoms with E-state index in [9.17, 15) is 9.90 Å². The summed E-state index contributed by atoms with van der Waals surface area (Å²) in [5, 5.41) is 12.3. The molecule has 4 nitrogen and oxygen atoms in total. The molecule has 0 radical (unpaired) electrons. The van der Waals surface area contributed by atoms with Gasteiger partial charge < -0.3 is 15.3 Å². The number of carbonyl (C=O) groups excluding carboxylic acids is 1. The number of likely N-dealkylation sites (N-methyl/N-ethyl adjacent to an activating group) is 1. The molecule has 2 unspecified atom stereocenters. The maximum Gasteiger partial charge on any atom is 0.239 e. The van der Waals surface area contributed by atoms with E-state index in [0.717, 1.165) is 19.5 Å². The zero-order chi connectivity index (χ0) is 10.6. The minimum atomic E-state index is -0.357. The second-order valence-electron chi connectivity index (χ2n) is 3.77. The van der Waals surface area contributed by atoms with E-state index in [1.807, 2.05) is 11.8 Å². The second-order valence-corrected chi connectivity index (χ2v) is 3.77. The fraction of sp³-hybridized carbons (Fsp3) is 0.900. The third kappa shape index (κ3) is 2.69. The SMILES string of the molecule is CCCN(CC)C(=O)C1CC(O)CN1. The minimum absolute atomic E-state index is 0.130. The Labute approximate surface area is 85.3 Å². The fourth-order valence-electron chi connectivity index (χ4n) is 1.82. The summed E-state index contributed by atoms with van der Waals surface area (Å²) in [5.41, 5.74) is 0. The Hall–Kier alpha value is -0.610. The van der Waals surface area contributed by atoms with Gasteiger partial charge in [-0.2, -0.15) is 0 Å². The summed E-state index contributed by atoms with van der Waals surface area (Å²) in [5.74, 6) is 0.130. The molecule has 1 saturated heterocycles. The van der Waals surface area contributed by atoms with E-state index < -0.39 is 0 Å². The van der Waals surface area contributed by atoms with Crippen molar-refractivity contribution in [1.29, 1.82) is 0 Å². The van der Waals surface area contributed by atoms with Crippen LogP contribution in [0.2, 0.25) is 0 Å². The summed E-state index contributed by atoms with van der Waals surface area (Å²) in [6, 6.07) is -0.170. The first kappa shape index (κ1) is 11.5. The van der Waals surface area contributed by atoms with E-state index in [4.69, 9.17) is 0 Å². The quantitative estimate of drug-likeness (QED) is 0.670. The van der Waals surface area contributed by atoms with Gasteiger partial charge in [-0.15, -0.1) is 0 Å². The van der Waals surface area contributed by atoms with E-state index >= 15 is 0 Å². The Balaban J connectivity index is 2.45. The highest BCUT2D eigenvalue weighted by atomic mass is 16.3. The van der Waals surface area contributed by atoms with Crippen LogP contribution < -0.4 is 5.32 Å². The predicted octanol–water partition coefficient (Wildman–Crippen LogP) is -0.0323. The average molecular weight is 200 g/mol. The number of hydrogen-bond acceptors (Lipinski definition) is 3. The molecule has 0 aromatic heterocycles. The highest BCUT2D eigenvalue weighted by molar-refractivity contribution is 5.82. The van der Waals surface area contributed by atoms with Gasteiger partial charge in [0.05, 0.1) is 12.1 Å². The van der Waals surface area contributed by atoms with Crippen molar-refractivity contribution in [2.24, 2.45) is 0 Å². The first-order chi connectivity index (χ1) is 6.69. The fourth-order valence-corrected chi connectivity index (χ4v) is 1.82. The summed E-state index contributed by atoms with van der Waals surface area (Å²) in [6.45, 7) is 6.15. The van der Waals surface area contributed by atoms with Crippen LogP contribution >= 0.6 is 0 Å². The topological polar surface area (TPSA) is 52.6 Å². The van der Waals surface area contributed by atoms with Crippen molar-refractivity contribution in [2.45, 2.75) is 38.8 Å². The Morgan fingerprint density at radius 1 is 1.57 bits per heavy atom. The average Bonchev–Trinajstić information content (AvgIpc) is 2.60. The molecular formula is C10H20N2O2. The smallest absolute Gasteiger partial charge is 0.239 e. The van der Waals surface area contributed by atoms with Crippen molar-refractivity contribution in [1.82, 2.24) is 10.2 Å². The lowest BCUT2D eigenvalue weighted by atomic mass is 10.2. The van der Waals surface area contributed by atoms with E-state index in [-0.39, 0.29) is 18.1 Å². The molecule has 0 spiro atoms. The minimum Gasteiger partial charge on any atom is -0.392 e. The molecule has 2 atom stereocenters. The molecule has 0 aromatic carbocycles. The molecule has 14 heavy (non-hydrogen) atoms. The maximum absolute atomic E-state index is 11.9. The van der Waals surface area contributed by atoms with Gasteiger partial charge in [0.25, 0.3) is 0 Å². The third-order valence-corrected chi connectivity index (χ3v) is 2.59. The van der Waals surface area contributed by atoms with Crippen LogP contribution in [0.4, 0.5) is 0 Å². The lowest BCUT2D eigenvalue weighted by Crippen LogP contribution is -2.43. The van der Waals surface area contributed by atoms with Gasteiger partial charge in [0, 0.05) is 19.6 Å². The molecule has 0 saturated carbocycles. The van der Waals surface area contributed by atoms with Gasteiger partial charge in [0.1, 0.15) is 0 Å². The van der Waals surface area contributed by atoms with Crippen LogP contribution in [-0.4, -0.2) is 47.7 Å². The van der Waals surface area contributed by atoms with E-state index in [1.54, 1.807) is 0 Å². The number of aliphatic hydroxyl groups is 1. The van der Waals surface area contributed by atoms with Gasteiger partial charge in [0.15, 0.2) is 0 Å². The van der Waals surface area contributed by atoms with Crippen LogP contribution in [0.15, 0.2) is 0 Å². The zero-order valence-electron chi connectivity index (χ0n) is 8.99. The molecule has 1 aliphatic heterocycles. The Bertz CT molecular complexity index is 191. The monoisotopic (exact) mass is 200 g/mol. The van der Waals surface area contributed by atoms with Gasteiger partial charge in [0.2, 0.25) is 5.91 Å². The molecule has 2 N–H and O–H groups in total. The Morgan fingerprint density at radius 2 is 2.29 bits per heavy atom. The number of nitrogens with one attached hydrogen (secondary N) is 1. The summed E-state index contributed by atoms with van der Waals surface area (Å²) in [6.07, 6.45) is 1.18. The van der Waals surface area contributed by atoms with Gasteiger partial charge in [-0.05, 0) is 19.8 Å². The van der Waals surface area contributed by atoms with Crippen molar-refractivity contribution in [3.8, 4) is 0 Å². The van der Waals surface area contributed by atoms with Crippen molar-refractivity contribution >= 4 is 5.91 Å². The number of β-amino-alcohol motifs (C(OH)–C–C–N with tert-alkyl or cyclic N) is 1.